The van der Waals surface area contributed by atoms with E-state index in [2.05, 4.69) is 15.1 Å². The van der Waals surface area contributed by atoms with Gasteiger partial charge in [0, 0.05) is 17.5 Å². The Morgan fingerprint density at radius 1 is 1.35 bits per heavy atom. The maximum atomic E-state index is 12.0. The van der Waals surface area contributed by atoms with Crippen LogP contribution in [0.15, 0.2) is 35.3 Å². The van der Waals surface area contributed by atoms with E-state index in [1.165, 1.54) is 11.3 Å². The molecule has 3 aromatic heterocycles. The lowest BCUT2D eigenvalue weighted by atomic mass is 10.3. The van der Waals surface area contributed by atoms with Crippen LogP contribution in [0.25, 0.3) is 17.1 Å². The summed E-state index contributed by atoms with van der Waals surface area (Å²) < 4.78 is 11.7. The van der Waals surface area contributed by atoms with Crippen LogP contribution >= 0.6 is 11.3 Å². The number of hydrogen-bond acceptors (Lipinski definition) is 7. The Morgan fingerprint density at radius 2 is 2.22 bits per heavy atom. The minimum Gasteiger partial charge on any atom is -0.481 e. The molecule has 0 saturated carbocycles. The van der Waals surface area contributed by atoms with E-state index in [0.717, 1.165) is 5.69 Å². The number of nitrogens with zero attached hydrogens (tertiary/aromatic N) is 4. The van der Waals surface area contributed by atoms with E-state index < -0.39 is 5.97 Å². The van der Waals surface area contributed by atoms with Crippen molar-refractivity contribution in [3.05, 3.63) is 41.0 Å². The lowest BCUT2D eigenvalue weighted by Gasteiger charge is -2.06. The van der Waals surface area contributed by atoms with Crippen molar-refractivity contribution in [2.75, 3.05) is 13.7 Å². The first-order valence-electron chi connectivity index (χ1n) is 6.89. The molecular weight excluding hydrogens is 316 g/mol. The number of methoxy groups -OCH3 is 1. The fourth-order valence-electron chi connectivity index (χ4n) is 2.02. The molecule has 0 saturated heterocycles. The van der Waals surface area contributed by atoms with E-state index in [4.69, 9.17) is 9.47 Å². The molecule has 0 N–H and O–H groups in total. The number of rotatable bonds is 5. The largest absolute Gasteiger partial charge is 0.481 e. The van der Waals surface area contributed by atoms with E-state index in [9.17, 15) is 4.79 Å². The summed E-state index contributed by atoms with van der Waals surface area (Å²) in [4.78, 5) is 20.4. The van der Waals surface area contributed by atoms with Crippen LogP contribution in [-0.2, 0) is 4.74 Å². The molecule has 0 bridgehead atoms. The highest BCUT2D eigenvalue weighted by atomic mass is 32.1. The number of carbonyl (C=O) groups excluding carboxylic acids is 1. The van der Waals surface area contributed by atoms with Crippen LogP contribution in [0.1, 0.15) is 17.4 Å². The average Bonchev–Trinajstić information content (AvgIpc) is 3.24. The molecule has 118 valence electrons. The van der Waals surface area contributed by atoms with Crippen molar-refractivity contribution in [3.8, 4) is 23.0 Å². The number of aromatic nitrogens is 4. The van der Waals surface area contributed by atoms with E-state index in [1.54, 1.807) is 42.6 Å². The van der Waals surface area contributed by atoms with Gasteiger partial charge >= 0.3 is 5.97 Å². The lowest BCUT2D eigenvalue weighted by molar-refractivity contribution is 0.0519. The molecule has 3 heterocycles. The maximum absolute atomic E-state index is 12.0. The van der Waals surface area contributed by atoms with Gasteiger partial charge in [0.15, 0.2) is 5.69 Å². The molecule has 0 aromatic carbocycles. The predicted octanol–water partition coefficient (Wildman–Crippen LogP) is 2.58. The zero-order valence-electron chi connectivity index (χ0n) is 12.6. The van der Waals surface area contributed by atoms with Crippen LogP contribution in [0.3, 0.4) is 0 Å². The molecule has 0 amide bonds. The standard InChI is InChI=1S/C15H14N4O3S/c1-3-22-15(20)11-6-13(12-8-23-9-17-12)19(18-11)10-4-5-14(21-2)16-7-10/h4-9H,3H2,1-2H3. The van der Waals surface area contributed by atoms with Crippen molar-refractivity contribution in [3.63, 3.8) is 0 Å². The summed E-state index contributed by atoms with van der Waals surface area (Å²) in [5.74, 6) is 0.0333. The Kier molecular flexibility index (Phi) is 4.33. The second-order valence-corrected chi connectivity index (χ2v) is 5.20. The van der Waals surface area contributed by atoms with Gasteiger partial charge in [-0.1, -0.05) is 0 Å². The molecule has 3 aromatic rings. The van der Waals surface area contributed by atoms with E-state index in [0.29, 0.717) is 23.9 Å². The van der Waals surface area contributed by atoms with Crippen LogP contribution < -0.4 is 4.74 Å². The van der Waals surface area contributed by atoms with Gasteiger partial charge in [0.25, 0.3) is 0 Å². The van der Waals surface area contributed by atoms with Gasteiger partial charge in [0.1, 0.15) is 0 Å². The Labute approximate surface area is 136 Å². The van der Waals surface area contributed by atoms with Gasteiger partial charge in [0.2, 0.25) is 5.88 Å². The number of esters is 1. The first kappa shape index (κ1) is 15.2. The van der Waals surface area contributed by atoms with Gasteiger partial charge in [0.05, 0.1) is 42.5 Å². The fourth-order valence-corrected chi connectivity index (χ4v) is 2.57. The summed E-state index contributed by atoms with van der Waals surface area (Å²) in [6, 6.07) is 5.20. The third-order valence-electron chi connectivity index (χ3n) is 3.06. The predicted molar refractivity (Wildman–Crippen MR) is 85.0 cm³/mol. The number of ether oxygens (including phenoxy) is 2. The van der Waals surface area contributed by atoms with Crippen LogP contribution in [0.5, 0.6) is 5.88 Å². The highest BCUT2D eigenvalue weighted by Gasteiger charge is 2.18. The molecule has 8 heteroatoms. The minimum absolute atomic E-state index is 0.227. The summed E-state index contributed by atoms with van der Waals surface area (Å²) >= 11 is 1.47. The van der Waals surface area contributed by atoms with Crippen LogP contribution in [-0.4, -0.2) is 39.4 Å². The molecule has 0 aliphatic heterocycles. The third kappa shape index (κ3) is 3.07. The molecule has 0 aliphatic carbocycles. The quantitative estimate of drug-likeness (QED) is 0.669. The molecule has 0 atom stereocenters. The molecule has 23 heavy (non-hydrogen) atoms. The molecule has 3 rings (SSSR count). The first-order chi connectivity index (χ1) is 11.2. The highest BCUT2D eigenvalue weighted by molar-refractivity contribution is 7.07. The average molecular weight is 330 g/mol. The van der Waals surface area contributed by atoms with E-state index in [-0.39, 0.29) is 5.69 Å². The van der Waals surface area contributed by atoms with Crippen LogP contribution in [0.2, 0.25) is 0 Å². The number of carbonyl (C=O) groups is 1. The highest BCUT2D eigenvalue weighted by Crippen LogP contribution is 2.24. The number of pyridine rings is 1. The first-order valence-corrected chi connectivity index (χ1v) is 7.83. The molecule has 7 nitrogen and oxygen atoms in total. The summed E-state index contributed by atoms with van der Waals surface area (Å²) in [5, 5.41) is 6.22. The second kappa shape index (κ2) is 6.57. The van der Waals surface area contributed by atoms with Gasteiger partial charge in [-0.25, -0.2) is 19.4 Å². The summed E-state index contributed by atoms with van der Waals surface area (Å²) in [6.07, 6.45) is 1.62. The SMILES string of the molecule is CCOC(=O)c1cc(-c2cscn2)n(-c2ccc(OC)nc2)n1. The molecule has 0 unspecified atom stereocenters. The molecular formula is C15H14N4O3S. The zero-order valence-corrected chi connectivity index (χ0v) is 13.4. The number of hydrogen-bond donors (Lipinski definition) is 0. The van der Waals surface area contributed by atoms with Gasteiger partial charge in [-0.3, -0.25) is 0 Å². The van der Waals surface area contributed by atoms with Crippen molar-refractivity contribution >= 4 is 17.3 Å². The Balaban J connectivity index is 2.07. The van der Waals surface area contributed by atoms with Crippen LogP contribution in [0, 0.1) is 0 Å². The van der Waals surface area contributed by atoms with Crippen LogP contribution in [0.4, 0.5) is 0 Å². The topological polar surface area (TPSA) is 79.1 Å². The molecule has 0 spiro atoms. The van der Waals surface area contributed by atoms with Crippen molar-refractivity contribution in [2.24, 2.45) is 0 Å². The summed E-state index contributed by atoms with van der Waals surface area (Å²) in [7, 11) is 1.55. The van der Waals surface area contributed by atoms with Crippen molar-refractivity contribution in [1.29, 1.82) is 0 Å². The maximum Gasteiger partial charge on any atom is 0.358 e. The Hall–Kier alpha value is -2.74. The van der Waals surface area contributed by atoms with Crippen molar-refractivity contribution in [2.45, 2.75) is 6.92 Å². The van der Waals surface area contributed by atoms with Crippen molar-refractivity contribution < 1.29 is 14.3 Å². The Bertz CT molecular complexity index is 797. The van der Waals surface area contributed by atoms with E-state index in [1.807, 2.05) is 11.4 Å². The fraction of sp³-hybridized carbons (Fsp3) is 0.200. The lowest BCUT2D eigenvalue weighted by Crippen LogP contribution is -2.07. The summed E-state index contributed by atoms with van der Waals surface area (Å²) in [5.41, 5.74) is 4.08. The zero-order chi connectivity index (χ0) is 16.2. The molecule has 0 fully saturated rings. The van der Waals surface area contributed by atoms with Gasteiger partial charge in [-0.05, 0) is 13.0 Å². The minimum atomic E-state index is -0.468. The van der Waals surface area contributed by atoms with Gasteiger partial charge in [-0.15, -0.1) is 11.3 Å². The monoisotopic (exact) mass is 330 g/mol. The van der Waals surface area contributed by atoms with Gasteiger partial charge in [-0.2, -0.15) is 5.10 Å². The normalized spacial score (nSPS) is 10.5. The molecule has 0 radical (unpaired) electrons. The van der Waals surface area contributed by atoms with Gasteiger partial charge < -0.3 is 9.47 Å². The second-order valence-electron chi connectivity index (χ2n) is 4.48. The third-order valence-corrected chi connectivity index (χ3v) is 3.65. The Morgan fingerprint density at radius 3 is 2.83 bits per heavy atom. The molecule has 0 aliphatic rings. The van der Waals surface area contributed by atoms with Crippen molar-refractivity contribution in [1.82, 2.24) is 19.7 Å². The number of thiazole rings is 1. The van der Waals surface area contributed by atoms with E-state index >= 15 is 0 Å². The summed E-state index contributed by atoms with van der Waals surface area (Å²) in [6.45, 7) is 2.05. The smallest absolute Gasteiger partial charge is 0.358 e.